The van der Waals surface area contributed by atoms with Crippen LogP contribution in [0, 0.1) is 0 Å². The highest BCUT2D eigenvalue weighted by atomic mass is 79.9. The maximum absolute atomic E-state index is 13.3. The zero-order valence-corrected chi connectivity index (χ0v) is 20.3. The van der Waals surface area contributed by atoms with Crippen LogP contribution in [0.15, 0.2) is 99.0 Å². The third kappa shape index (κ3) is 6.13. The lowest BCUT2D eigenvalue weighted by Gasteiger charge is -2.30. The van der Waals surface area contributed by atoms with Crippen LogP contribution in [0.2, 0.25) is 0 Å². The molecule has 1 aliphatic rings. The SMILES string of the molecule is O=C1/C(=C/c2cccc(Br)c2)CN(CCc2ccccc2)C/C1=C\c1cccc(Br)c1. The van der Waals surface area contributed by atoms with Gasteiger partial charge in [-0.2, -0.15) is 0 Å². The Labute approximate surface area is 200 Å². The van der Waals surface area contributed by atoms with Crippen molar-refractivity contribution >= 4 is 49.8 Å². The molecular weight excluding hydrogens is 514 g/mol. The standard InChI is InChI=1S/C27H23Br2NO/c28-25-10-4-8-21(16-25)14-23-18-30(13-12-20-6-2-1-3-7-20)19-24(27(23)31)15-22-9-5-11-26(29)17-22/h1-11,14-17H,12-13,18-19H2/b23-14+,24-15+. The molecule has 2 nitrogen and oxygen atoms in total. The Hall–Kier alpha value is -2.27. The molecule has 0 aromatic heterocycles. The molecule has 156 valence electrons. The number of carbonyl (C=O) groups excluding carboxylic acids is 1. The van der Waals surface area contributed by atoms with Gasteiger partial charge in [0, 0.05) is 39.7 Å². The minimum Gasteiger partial charge on any atom is -0.294 e. The lowest BCUT2D eigenvalue weighted by atomic mass is 9.94. The molecule has 1 heterocycles. The first-order chi connectivity index (χ1) is 15.1. The van der Waals surface area contributed by atoms with Crippen molar-refractivity contribution in [1.82, 2.24) is 4.90 Å². The number of ketones is 1. The molecule has 1 aliphatic heterocycles. The molecule has 0 unspecified atom stereocenters. The van der Waals surface area contributed by atoms with Crippen LogP contribution in [0.25, 0.3) is 12.2 Å². The lowest BCUT2D eigenvalue weighted by molar-refractivity contribution is -0.113. The van der Waals surface area contributed by atoms with Crippen molar-refractivity contribution in [3.63, 3.8) is 0 Å². The van der Waals surface area contributed by atoms with Crippen LogP contribution in [0.4, 0.5) is 0 Å². The van der Waals surface area contributed by atoms with Crippen molar-refractivity contribution in [2.45, 2.75) is 6.42 Å². The molecular formula is C27H23Br2NO. The van der Waals surface area contributed by atoms with Gasteiger partial charge in [-0.15, -0.1) is 0 Å². The first kappa shape index (κ1) is 21.9. The van der Waals surface area contributed by atoms with Crippen LogP contribution >= 0.6 is 31.9 Å². The molecule has 0 N–H and O–H groups in total. The average Bonchev–Trinajstić information content (AvgIpc) is 2.76. The number of carbonyl (C=O) groups is 1. The van der Waals surface area contributed by atoms with Gasteiger partial charge in [-0.1, -0.05) is 86.5 Å². The number of halogens is 2. The Morgan fingerprint density at radius 2 is 1.29 bits per heavy atom. The van der Waals surface area contributed by atoms with Crippen molar-refractivity contribution in [2.24, 2.45) is 0 Å². The third-order valence-electron chi connectivity index (χ3n) is 5.31. The van der Waals surface area contributed by atoms with Crippen molar-refractivity contribution < 1.29 is 4.79 Å². The molecule has 1 fully saturated rings. The number of hydrogen-bond acceptors (Lipinski definition) is 2. The summed E-state index contributed by atoms with van der Waals surface area (Å²) >= 11 is 7.05. The van der Waals surface area contributed by atoms with Crippen LogP contribution in [0.3, 0.4) is 0 Å². The molecule has 0 aliphatic carbocycles. The van der Waals surface area contributed by atoms with E-state index in [1.807, 2.05) is 66.7 Å². The average molecular weight is 537 g/mol. The maximum Gasteiger partial charge on any atom is 0.187 e. The normalized spacial score (nSPS) is 17.4. The van der Waals surface area contributed by atoms with E-state index in [1.165, 1.54) is 5.56 Å². The predicted molar refractivity (Wildman–Crippen MR) is 136 cm³/mol. The van der Waals surface area contributed by atoms with Crippen molar-refractivity contribution in [3.05, 3.63) is 116 Å². The van der Waals surface area contributed by atoms with Crippen LogP contribution in [-0.2, 0) is 11.2 Å². The molecule has 1 saturated heterocycles. The smallest absolute Gasteiger partial charge is 0.187 e. The van der Waals surface area contributed by atoms with E-state index in [2.05, 4.69) is 61.0 Å². The second-order valence-corrected chi connectivity index (χ2v) is 9.56. The zero-order chi connectivity index (χ0) is 21.6. The molecule has 0 amide bonds. The van der Waals surface area contributed by atoms with Gasteiger partial charge in [0.2, 0.25) is 0 Å². The number of nitrogens with zero attached hydrogens (tertiary/aromatic N) is 1. The van der Waals surface area contributed by atoms with Gasteiger partial charge in [-0.3, -0.25) is 9.69 Å². The van der Waals surface area contributed by atoms with E-state index in [9.17, 15) is 4.79 Å². The highest BCUT2D eigenvalue weighted by Crippen LogP contribution is 2.24. The van der Waals surface area contributed by atoms with Crippen LogP contribution in [0.1, 0.15) is 16.7 Å². The van der Waals surface area contributed by atoms with E-state index in [0.29, 0.717) is 13.1 Å². The van der Waals surface area contributed by atoms with Gasteiger partial charge >= 0.3 is 0 Å². The number of rotatable bonds is 5. The molecule has 3 aromatic rings. The fourth-order valence-electron chi connectivity index (χ4n) is 3.80. The summed E-state index contributed by atoms with van der Waals surface area (Å²) in [5, 5.41) is 0. The van der Waals surface area contributed by atoms with Gasteiger partial charge in [0.1, 0.15) is 0 Å². The van der Waals surface area contributed by atoms with E-state index in [4.69, 9.17) is 0 Å². The number of hydrogen-bond donors (Lipinski definition) is 0. The van der Waals surface area contributed by atoms with Crippen molar-refractivity contribution in [2.75, 3.05) is 19.6 Å². The topological polar surface area (TPSA) is 20.3 Å². The minimum absolute atomic E-state index is 0.135. The molecule has 0 bridgehead atoms. The summed E-state index contributed by atoms with van der Waals surface area (Å²) < 4.78 is 2.02. The van der Waals surface area contributed by atoms with E-state index < -0.39 is 0 Å². The summed E-state index contributed by atoms with van der Waals surface area (Å²) in [6.45, 7) is 2.23. The Bertz CT molecular complexity index is 1070. The van der Waals surface area contributed by atoms with Gasteiger partial charge in [-0.05, 0) is 59.5 Å². The first-order valence-electron chi connectivity index (χ1n) is 10.3. The Morgan fingerprint density at radius 1 is 0.742 bits per heavy atom. The second kappa shape index (κ2) is 10.4. The summed E-state index contributed by atoms with van der Waals surface area (Å²) in [6.07, 6.45) is 5.01. The number of likely N-dealkylation sites (tertiary alicyclic amines) is 1. The van der Waals surface area contributed by atoms with E-state index >= 15 is 0 Å². The summed E-state index contributed by atoms with van der Waals surface area (Å²) in [6, 6.07) is 26.6. The highest BCUT2D eigenvalue weighted by Gasteiger charge is 2.26. The van der Waals surface area contributed by atoms with Gasteiger partial charge in [-0.25, -0.2) is 0 Å². The summed E-state index contributed by atoms with van der Waals surface area (Å²) in [5.41, 5.74) is 5.04. The van der Waals surface area contributed by atoms with E-state index in [0.717, 1.165) is 44.2 Å². The van der Waals surface area contributed by atoms with Crippen LogP contribution < -0.4 is 0 Å². The summed E-state index contributed by atoms with van der Waals surface area (Å²) in [7, 11) is 0. The number of piperidine rings is 1. The molecule has 0 radical (unpaired) electrons. The van der Waals surface area contributed by atoms with Gasteiger partial charge in [0.05, 0.1) is 0 Å². The van der Waals surface area contributed by atoms with Crippen LogP contribution in [-0.4, -0.2) is 30.3 Å². The van der Waals surface area contributed by atoms with Crippen LogP contribution in [0.5, 0.6) is 0 Å². The minimum atomic E-state index is 0.135. The predicted octanol–water partition coefficient (Wildman–Crippen LogP) is 6.81. The molecule has 4 heteroatoms. The Balaban J connectivity index is 1.63. The van der Waals surface area contributed by atoms with Gasteiger partial charge in [0.25, 0.3) is 0 Å². The first-order valence-corrected chi connectivity index (χ1v) is 11.9. The molecule has 31 heavy (non-hydrogen) atoms. The largest absolute Gasteiger partial charge is 0.294 e. The van der Waals surface area contributed by atoms with E-state index in [1.54, 1.807) is 0 Å². The van der Waals surface area contributed by atoms with Gasteiger partial charge < -0.3 is 0 Å². The van der Waals surface area contributed by atoms with Crippen molar-refractivity contribution in [1.29, 1.82) is 0 Å². The zero-order valence-electron chi connectivity index (χ0n) is 17.1. The lowest BCUT2D eigenvalue weighted by Crippen LogP contribution is -2.38. The highest BCUT2D eigenvalue weighted by molar-refractivity contribution is 9.10. The summed E-state index contributed by atoms with van der Waals surface area (Å²) in [4.78, 5) is 15.7. The Morgan fingerprint density at radius 3 is 1.81 bits per heavy atom. The molecule has 0 spiro atoms. The summed E-state index contributed by atoms with van der Waals surface area (Å²) in [5.74, 6) is 0.135. The maximum atomic E-state index is 13.3. The fourth-order valence-corrected chi connectivity index (χ4v) is 4.63. The van der Waals surface area contributed by atoms with Crippen molar-refractivity contribution in [3.8, 4) is 0 Å². The number of benzene rings is 3. The monoisotopic (exact) mass is 535 g/mol. The number of Topliss-reactive ketones (excluding diaryl/α,β-unsaturated/α-hetero) is 1. The molecule has 0 saturated carbocycles. The molecule has 4 rings (SSSR count). The third-order valence-corrected chi connectivity index (χ3v) is 6.30. The molecule has 3 aromatic carbocycles. The van der Waals surface area contributed by atoms with Gasteiger partial charge in [0.15, 0.2) is 5.78 Å². The second-order valence-electron chi connectivity index (χ2n) is 7.72. The fraction of sp³-hybridized carbons (Fsp3) is 0.148. The van der Waals surface area contributed by atoms with E-state index in [-0.39, 0.29) is 5.78 Å². The Kier molecular flexibility index (Phi) is 7.33. The molecule has 0 atom stereocenters. The quantitative estimate of drug-likeness (QED) is 0.334.